The van der Waals surface area contributed by atoms with Gasteiger partial charge in [0.15, 0.2) is 0 Å². The van der Waals surface area contributed by atoms with Crippen molar-refractivity contribution in [3.63, 3.8) is 0 Å². The molecule has 0 fully saturated rings. The third kappa shape index (κ3) is 9.99. The zero-order valence-corrected chi connectivity index (χ0v) is 11.6. The minimum absolute atomic E-state index is 0. The molecule has 14 heavy (non-hydrogen) atoms. The zero-order valence-electron chi connectivity index (χ0n) is 10.0. The van der Waals surface area contributed by atoms with Gasteiger partial charge in [0, 0.05) is 6.92 Å². The van der Waals surface area contributed by atoms with Gasteiger partial charge < -0.3 is 26.6 Å². The average molecular weight is 270 g/mol. The van der Waals surface area contributed by atoms with Crippen molar-refractivity contribution < 1.29 is 31.4 Å². The highest BCUT2D eigenvalue weighted by atomic mass is 79.9. The predicted octanol–water partition coefficient (Wildman–Crippen LogP) is -1.02. The van der Waals surface area contributed by atoms with Crippen LogP contribution in [0.2, 0.25) is 0 Å². The normalized spacial score (nSPS) is 9.50. The fourth-order valence-electron chi connectivity index (χ4n) is 1.34. The molecule has 0 spiro atoms. The van der Waals surface area contributed by atoms with E-state index in [1.807, 2.05) is 0 Å². The molecule has 0 aliphatic rings. The summed E-state index contributed by atoms with van der Waals surface area (Å²) in [5.41, 5.74) is 0. The molecule has 0 aliphatic carbocycles. The van der Waals surface area contributed by atoms with Gasteiger partial charge in [0.1, 0.15) is 0 Å². The van der Waals surface area contributed by atoms with Crippen molar-refractivity contribution in [2.75, 3.05) is 26.2 Å². The number of aliphatic carboxylic acids is 1. The molecule has 0 saturated heterocycles. The molecular weight excluding hydrogens is 246 g/mol. The van der Waals surface area contributed by atoms with Gasteiger partial charge in [-0.05, 0) is 27.7 Å². The molecular formula is C10H24BrNO2. The van der Waals surface area contributed by atoms with E-state index in [1.165, 1.54) is 30.7 Å². The van der Waals surface area contributed by atoms with Crippen molar-refractivity contribution in [2.45, 2.75) is 34.6 Å². The first-order valence-corrected chi connectivity index (χ1v) is 5.02. The largest absolute Gasteiger partial charge is 1.00 e. The van der Waals surface area contributed by atoms with Crippen LogP contribution in [0.25, 0.3) is 0 Å². The van der Waals surface area contributed by atoms with Crippen LogP contribution in [0.5, 0.6) is 0 Å². The molecule has 0 heterocycles. The molecule has 0 aromatic rings. The van der Waals surface area contributed by atoms with E-state index in [-0.39, 0.29) is 17.0 Å². The fourth-order valence-corrected chi connectivity index (χ4v) is 1.34. The molecule has 0 bridgehead atoms. The van der Waals surface area contributed by atoms with Gasteiger partial charge in [0.25, 0.3) is 5.97 Å². The lowest BCUT2D eigenvalue weighted by Crippen LogP contribution is -3.00. The number of carboxylic acid groups (broad SMARTS) is 1. The molecule has 0 aromatic carbocycles. The standard InChI is InChI=1S/C8H20N.C2H4O2.BrH/c1-5-9(6-2,7-3)8-4;1-2(3)4;/h5-8H2,1-4H3;1H3,(H,3,4);1H/q+1;;/p-1. The first-order valence-electron chi connectivity index (χ1n) is 5.02. The summed E-state index contributed by atoms with van der Waals surface area (Å²) in [6.07, 6.45) is 0. The number of quaternary nitrogens is 1. The van der Waals surface area contributed by atoms with Crippen LogP contribution in [0, 0.1) is 0 Å². The number of hydrogen-bond donors (Lipinski definition) is 1. The average Bonchev–Trinajstić information content (AvgIpc) is 2.09. The fraction of sp³-hybridized carbons (Fsp3) is 0.900. The smallest absolute Gasteiger partial charge is 0.300 e. The van der Waals surface area contributed by atoms with E-state index in [9.17, 15) is 0 Å². The van der Waals surface area contributed by atoms with Crippen molar-refractivity contribution in [1.82, 2.24) is 0 Å². The van der Waals surface area contributed by atoms with E-state index in [0.29, 0.717) is 0 Å². The van der Waals surface area contributed by atoms with E-state index >= 15 is 0 Å². The maximum atomic E-state index is 9.00. The van der Waals surface area contributed by atoms with Gasteiger partial charge in [-0.15, -0.1) is 0 Å². The molecule has 3 nitrogen and oxygen atoms in total. The van der Waals surface area contributed by atoms with Gasteiger partial charge in [0.05, 0.1) is 26.2 Å². The lowest BCUT2D eigenvalue weighted by atomic mass is 10.3. The number of halogens is 1. The van der Waals surface area contributed by atoms with Crippen LogP contribution < -0.4 is 17.0 Å². The molecule has 1 N–H and O–H groups in total. The minimum Gasteiger partial charge on any atom is -1.00 e. The Bertz CT molecular complexity index is 115. The topological polar surface area (TPSA) is 37.3 Å². The van der Waals surface area contributed by atoms with Gasteiger partial charge in [-0.25, -0.2) is 0 Å². The second-order valence-electron chi connectivity index (χ2n) is 3.13. The van der Waals surface area contributed by atoms with Crippen molar-refractivity contribution in [3.8, 4) is 0 Å². The summed E-state index contributed by atoms with van der Waals surface area (Å²) in [6.45, 7) is 15.3. The van der Waals surface area contributed by atoms with Gasteiger partial charge in [-0.2, -0.15) is 0 Å². The molecule has 4 heteroatoms. The Morgan fingerprint density at radius 2 is 1.14 bits per heavy atom. The van der Waals surface area contributed by atoms with E-state index in [2.05, 4.69) is 27.7 Å². The third-order valence-corrected chi connectivity index (χ3v) is 2.68. The van der Waals surface area contributed by atoms with Crippen molar-refractivity contribution in [2.24, 2.45) is 0 Å². The highest BCUT2D eigenvalue weighted by Gasteiger charge is 2.16. The number of carbonyl (C=O) groups is 1. The summed E-state index contributed by atoms with van der Waals surface area (Å²) >= 11 is 0. The molecule has 0 aromatic heterocycles. The van der Waals surface area contributed by atoms with Crippen LogP contribution in [0.1, 0.15) is 34.6 Å². The Labute approximate surface area is 98.5 Å². The van der Waals surface area contributed by atoms with Crippen molar-refractivity contribution in [1.29, 1.82) is 0 Å². The van der Waals surface area contributed by atoms with Gasteiger partial charge >= 0.3 is 0 Å². The van der Waals surface area contributed by atoms with E-state index < -0.39 is 5.97 Å². The first kappa shape index (κ1) is 19.5. The highest BCUT2D eigenvalue weighted by molar-refractivity contribution is 5.62. The van der Waals surface area contributed by atoms with Gasteiger partial charge in [0.2, 0.25) is 0 Å². The summed E-state index contributed by atoms with van der Waals surface area (Å²) < 4.78 is 1.28. The molecule has 0 amide bonds. The summed E-state index contributed by atoms with van der Waals surface area (Å²) in [6, 6.07) is 0. The van der Waals surface area contributed by atoms with Crippen LogP contribution in [-0.2, 0) is 4.79 Å². The van der Waals surface area contributed by atoms with Crippen LogP contribution in [0.3, 0.4) is 0 Å². The number of carboxylic acids is 1. The molecule has 0 atom stereocenters. The molecule has 0 aliphatic heterocycles. The maximum absolute atomic E-state index is 9.00. The molecule has 88 valence electrons. The number of rotatable bonds is 4. The molecule has 0 radical (unpaired) electrons. The van der Waals surface area contributed by atoms with Crippen LogP contribution in [0.15, 0.2) is 0 Å². The zero-order chi connectivity index (χ0) is 10.9. The number of nitrogens with zero attached hydrogens (tertiary/aromatic N) is 1. The maximum Gasteiger partial charge on any atom is 0.300 e. The van der Waals surface area contributed by atoms with Crippen LogP contribution >= 0.6 is 0 Å². The van der Waals surface area contributed by atoms with Gasteiger partial charge in [-0.3, -0.25) is 4.79 Å². The van der Waals surface area contributed by atoms with Crippen LogP contribution in [-0.4, -0.2) is 41.7 Å². The lowest BCUT2D eigenvalue weighted by molar-refractivity contribution is -0.921. The Kier molecular flexibility index (Phi) is 15.3. The lowest BCUT2D eigenvalue weighted by Gasteiger charge is -2.34. The van der Waals surface area contributed by atoms with Crippen LogP contribution in [0.4, 0.5) is 0 Å². The Morgan fingerprint density at radius 1 is 1.00 bits per heavy atom. The molecule has 0 rings (SSSR count). The Morgan fingerprint density at radius 3 is 1.14 bits per heavy atom. The SMILES string of the molecule is CC(=O)O.CC[N+](CC)(CC)CC.[Br-]. The van der Waals surface area contributed by atoms with Gasteiger partial charge in [-0.1, -0.05) is 0 Å². The Hall–Kier alpha value is -0.0900. The Balaban J connectivity index is -0.000000209. The van der Waals surface area contributed by atoms with Crippen molar-refractivity contribution in [3.05, 3.63) is 0 Å². The van der Waals surface area contributed by atoms with Crippen molar-refractivity contribution >= 4 is 5.97 Å². The second kappa shape index (κ2) is 11.0. The minimum atomic E-state index is -0.833. The summed E-state index contributed by atoms with van der Waals surface area (Å²) in [5.74, 6) is -0.833. The summed E-state index contributed by atoms with van der Waals surface area (Å²) in [7, 11) is 0. The number of hydrogen-bond acceptors (Lipinski definition) is 1. The molecule has 0 unspecified atom stereocenters. The van der Waals surface area contributed by atoms with E-state index in [1.54, 1.807) is 0 Å². The highest BCUT2D eigenvalue weighted by Crippen LogP contribution is 2.03. The first-order chi connectivity index (χ1) is 5.97. The monoisotopic (exact) mass is 269 g/mol. The summed E-state index contributed by atoms with van der Waals surface area (Å²) in [4.78, 5) is 9.00. The third-order valence-electron chi connectivity index (χ3n) is 2.68. The van der Waals surface area contributed by atoms with E-state index in [4.69, 9.17) is 9.90 Å². The van der Waals surface area contributed by atoms with E-state index in [0.717, 1.165) is 6.92 Å². The molecule has 0 saturated carbocycles. The summed E-state index contributed by atoms with van der Waals surface area (Å²) in [5, 5.41) is 7.42. The predicted molar refractivity (Wildman–Crippen MR) is 55.7 cm³/mol. The quantitative estimate of drug-likeness (QED) is 0.664. The second-order valence-corrected chi connectivity index (χ2v) is 3.13.